The van der Waals surface area contributed by atoms with E-state index in [-0.39, 0.29) is 16.6 Å². The SMILES string of the molecule is CC(=O)CCc1c(C(C)C)c2ccccc2n1S(=O)(=O)c1ccc(C)cc1. The number of aryl methyl sites for hydroxylation is 1. The van der Waals surface area contributed by atoms with Crippen LogP contribution in [0.2, 0.25) is 0 Å². The van der Waals surface area contributed by atoms with Crippen molar-refractivity contribution in [2.75, 3.05) is 0 Å². The van der Waals surface area contributed by atoms with Gasteiger partial charge in [-0.2, -0.15) is 0 Å². The largest absolute Gasteiger partial charge is 0.300 e. The van der Waals surface area contributed by atoms with Gasteiger partial charge in [0.25, 0.3) is 10.0 Å². The molecule has 0 aliphatic rings. The smallest absolute Gasteiger partial charge is 0.268 e. The van der Waals surface area contributed by atoms with E-state index >= 15 is 0 Å². The summed E-state index contributed by atoms with van der Waals surface area (Å²) in [5.74, 6) is 0.195. The van der Waals surface area contributed by atoms with Gasteiger partial charge in [0.1, 0.15) is 5.78 Å². The fourth-order valence-corrected chi connectivity index (χ4v) is 5.14. The first-order valence-corrected chi connectivity index (χ1v) is 10.6. The Bertz CT molecular complexity index is 1090. The minimum Gasteiger partial charge on any atom is -0.300 e. The molecule has 4 nitrogen and oxygen atoms in total. The van der Waals surface area contributed by atoms with Crippen LogP contribution in [-0.4, -0.2) is 18.2 Å². The van der Waals surface area contributed by atoms with Gasteiger partial charge in [0.15, 0.2) is 0 Å². The van der Waals surface area contributed by atoms with Crippen molar-refractivity contribution >= 4 is 26.7 Å². The van der Waals surface area contributed by atoms with Gasteiger partial charge < -0.3 is 4.79 Å². The molecule has 1 heterocycles. The number of carbonyl (C=O) groups is 1. The molecular weight excluding hydrogens is 358 g/mol. The molecule has 0 atom stereocenters. The molecule has 0 saturated heterocycles. The number of Topliss-reactive ketones (excluding diaryl/α,β-unsaturated/α-hetero) is 1. The highest BCUT2D eigenvalue weighted by molar-refractivity contribution is 7.90. The van der Waals surface area contributed by atoms with E-state index < -0.39 is 10.0 Å². The van der Waals surface area contributed by atoms with E-state index in [1.165, 1.54) is 10.9 Å². The summed E-state index contributed by atoms with van der Waals surface area (Å²) in [6.07, 6.45) is 0.724. The van der Waals surface area contributed by atoms with Crippen LogP contribution >= 0.6 is 0 Å². The van der Waals surface area contributed by atoms with Crippen molar-refractivity contribution in [2.45, 2.75) is 51.3 Å². The minimum atomic E-state index is -3.77. The Morgan fingerprint density at radius 1 is 1.04 bits per heavy atom. The first-order valence-electron chi connectivity index (χ1n) is 9.17. The van der Waals surface area contributed by atoms with E-state index in [0.29, 0.717) is 24.1 Å². The third-order valence-corrected chi connectivity index (χ3v) is 6.59. The molecule has 0 spiro atoms. The van der Waals surface area contributed by atoms with Crippen LogP contribution in [-0.2, 0) is 21.2 Å². The summed E-state index contributed by atoms with van der Waals surface area (Å²) < 4.78 is 28.5. The lowest BCUT2D eigenvalue weighted by atomic mass is 9.97. The summed E-state index contributed by atoms with van der Waals surface area (Å²) in [6.45, 7) is 7.58. The number of hydrogen-bond acceptors (Lipinski definition) is 3. The lowest BCUT2D eigenvalue weighted by Crippen LogP contribution is -2.17. The maximum atomic E-state index is 13.5. The molecule has 0 amide bonds. The molecule has 0 fully saturated rings. The molecule has 0 bridgehead atoms. The number of fused-ring (bicyclic) bond motifs is 1. The van der Waals surface area contributed by atoms with Crippen molar-refractivity contribution < 1.29 is 13.2 Å². The Kier molecular flexibility index (Phi) is 5.24. The Labute approximate surface area is 160 Å². The molecule has 3 rings (SSSR count). The normalized spacial score (nSPS) is 12.0. The molecule has 0 N–H and O–H groups in total. The molecule has 0 aliphatic carbocycles. The van der Waals surface area contributed by atoms with Crippen molar-refractivity contribution in [1.29, 1.82) is 0 Å². The van der Waals surface area contributed by atoms with Gasteiger partial charge in [0.2, 0.25) is 0 Å². The van der Waals surface area contributed by atoms with E-state index in [1.54, 1.807) is 24.3 Å². The number of benzene rings is 2. The number of hydrogen-bond donors (Lipinski definition) is 0. The lowest BCUT2D eigenvalue weighted by Gasteiger charge is -2.14. The van der Waals surface area contributed by atoms with E-state index in [2.05, 4.69) is 13.8 Å². The van der Waals surface area contributed by atoms with Gasteiger partial charge in [0.05, 0.1) is 10.4 Å². The second-order valence-corrected chi connectivity index (χ2v) is 9.10. The Hall–Kier alpha value is -2.40. The topological polar surface area (TPSA) is 56.1 Å². The summed E-state index contributed by atoms with van der Waals surface area (Å²) in [6, 6.07) is 14.5. The van der Waals surface area contributed by atoms with Crippen LogP contribution in [0.1, 0.15) is 49.9 Å². The summed E-state index contributed by atoms with van der Waals surface area (Å²) in [4.78, 5) is 11.9. The maximum Gasteiger partial charge on any atom is 0.268 e. The molecular formula is C22H25NO3S. The molecule has 1 aromatic heterocycles. The van der Waals surface area contributed by atoms with Crippen LogP contribution in [0, 0.1) is 6.92 Å². The standard InChI is InChI=1S/C22H25NO3S/c1-15(2)22-19-7-5-6-8-20(19)23(21(22)14-11-17(4)24)27(25,26)18-12-9-16(3)10-13-18/h5-10,12-13,15H,11,14H2,1-4H3. The third-order valence-electron chi connectivity index (χ3n) is 4.82. The van der Waals surface area contributed by atoms with E-state index in [0.717, 1.165) is 16.5 Å². The minimum absolute atomic E-state index is 0.0502. The monoisotopic (exact) mass is 383 g/mol. The van der Waals surface area contributed by atoms with Crippen LogP contribution in [0.3, 0.4) is 0 Å². The number of ketones is 1. The Morgan fingerprint density at radius 3 is 2.26 bits per heavy atom. The maximum absolute atomic E-state index is 13.5. The highest BCUT2D eigenvalue weighted by Gasteiger charge is 2.27. The lowest BCUT2D eigenvalue weighted by molar-refractivity contribution is -0.117. The summed E-state index contributed by atoms with van der Waals surface area (Å²) >= 11 is 0. The average molecular weight is 384 g/mol. The molecule has 0 aliphatic heterocycles. The molecule has 0 saturated carbocycles. The number of rotatable bonds is 6. The first-order chi connectivity index (χ1) is 12.7. The number of para-hydroxylation sites is 1. The quantitative estimate of drug-likeness (QED) is 0.612. The Morgan fingerprint density at radius 2 is 1.67 bits per heavy atom. The molecule has 0 radical (unpaired) electrons. The zero-order valence-corrected chi connectivity index (χ0v) is 17.0. The zero-order valence-electron chi connectivity index (χ0n) is 16.2. The van der Waals surface area contributed by atoms with Crippen LogP contribution in [0.15, 0.2) is 53.4 Å². The van der Waals surface area contributed by atoms with Crippen LogP contribution < -0.4 is 0 Å². The molecule has 2 aromatic carbocycles. The summed E-state index contributed by atoms with van der Waals surface area (Å²) in [5, 5.41) is 0.932. The van der Waals surface area contributed by atoms with Gasteiger partial charge in [-0.3, -0.25) is 0 Å². The average Bonchev–Trinajstić information content (AvgIpc) is 2.95. The molecule has 5 heteroatoms. The highest BCUT2D eigenvalue weighted by atomic mass is 32.2. The van der Waals surface area contributed by atoms with Crippen molar-refractivity contribution in [1.82, 2.24) is 3.97 Å². The first kappa shape index (κ1) is 19.4. The highest BCUT2D eigenvalue weighted by Crippen LogP contribution is 2.35. The number of aromatic nitrogens is 1. The van der Waals surface area contributed by atoms with Gasteiger partial charge in [-0.25, -0.2) is 12.4 Å². The molecule has 27 heavy (non-hydrogen) atoms. The van der Waals surface area contributed by atoms with Crippen LogP contribution in [0.25, 0.3) is 10.9 Å². The fraction of sp³-hybridized carbons (Fsp3) is 0.318. The fourth-order valence-electron chi connectivity index (χ4n) is 3.55. The van der Waals surface area contributed by atoms with Gasteiger partial charge in [-0.1, -0.05) is 49.7 Å². The summed E-state index contributed by atoms with van der Waals surface area (Å²) in [5.41, 5.74) is 3.39. The third kappa shape index (κ3) is 3.56. The van der Waals surface area contributed by atoms with Gasteiger partial charge in [-0.05, 0) is 49.9 Å². The molecule has 0 unspecified atom stereocenters. The zero-order chi connectivity index (χ0) is 19.8. The predicted molar refractivity (Wildman–Crippen MR) is 109 cm³/mol. The van der Waals surface area contributed by atoms with Crippen molar-refractivity contribution in [3.63, 3.8) is 0 Å². The van der Waals surface area contributed by atoms with Crippen LogP contribution in [0.5, 0.6) is 0 Å². The van der Waals surface area contributed by atoms with Crippen molar-refractivity contribution in [3.05, 3.63) is 65.4 Å². The second-order valence-electron chi connectivity index (χ2n) is 7.32. The Balaban J connectivity index is 2.34. The second kappa shape index (κ2) is 7.31. The number of nitrogens with zero attached hydrogens (tertiary/aromatic N) is 1. The van der Waals surface area contributed by atoms with E-state index in [4.69, 9.17) is 0 Å². The van der Waals surface area contributed by atoms with E-state index in [1.807, 2.05) is 31.2 Å². The number of carbonyl (C=O) groups excluding carboxylic acids is 1. The van der Waals surface area contributed by atoms with Gasteiger partial charge in [0, 0.05) is 17.5 Å². The van der Waals surface area contributed by atoms with Crippen molar-refractivity contribution in [2.24, 2.45) is 0 Å². The van der Waals surface area contributed by atoms with E-state index in [9.17, 15) is 13.2 Å². The van der Waals surface area contributed by atoms with Gasteiger partial charge >= 0.3 is 0 Å². The van der Waals surface area contributed by atoms with Crippen molar-refractivity contribution in [3.8, 4) is 0 Å². The predicted octanol–water partition coefficient (Wildman–Crippen LogP) is 4.83. The van der Waals surface area contributed by atoms with Gasteiger partial charge in [-0.15, -0.1) is 0 Å². The van der Waals surface area contributed by atoms with Crippen LogP contribution in [0.4, 0.5) is 0 Å². The molecule has 142 valence electrons. The summed E-state index contributed by atoms with van der Waals surface area (Å²) in [7, 11) is -3.77. The molecule has 3 aromatic rings.